The smallest absolute Gasteiger partial charge is 0.410 e. The van der Waals surface area contributed by atoms with Crippen LogP contribution >= 0.6 is 0 Å². The summed E-state index contributed by atoms with van der Waals surface area (Å²) in [7, 11) is 0. The molecule has 0 radical (unpaired) electrons. The van der Waals surface area contributed by atoms with Crippen LogP contribution < -0.4 is 9.47 Å². The summed E-state index contributed by atoms with van der Waals surface area (Å²) in [6.07, 6.45) is 20.1. The number of benzene rings is 2. The van der Waals surface area contributed by atoms with Gasteiger partial charge in [0.25, 0.3) is 0 Å². The molecule has 2 aliphatic heterocycles. The molecule has 11 nitrogen and oxygen atoms in total. The minimum absolute atomic E-state index is 0.0681. The summed E-state index contributed by atoms with van der Waals surface area (Å²) in [5, 5.41) is 25.0. The normalized spacial score (nSPS) is 23.7. The van der Waals surface area contributed by atoms with E-state index in [1.165, 1.54) is 57.1 Å². The standard InChI is InChI=1S/C55H82FN3O8/c1-6-8-9-10-11-12-13-14-15-20-35-64-53(62)59(40-41-23-25-43(56)26-24-41)50-39-48(57-67-54(3,4)5)46-37-42(21-16-18-32-60)45(22-17-19-33-61)51-47-38-44(63-36-31-58-29-30-58)27-28-49(47)66-55(50,52(46)51)65-34-7-2/h7,23-28,37-38,42,45,50-52,60-61H,2,6,8-22,29-36,39-40H2,1,3-5H3. The van der Waals surface area contributed by atoms with Gasteiger partial charge in [-0.15, -0.1) is 6.58 Å². The Hall–Kier alpha value is -3.97. The lowest BCUT2D eigenvalue weighted by Gasteiger charge is -2.60. The topological polar surface area (TPSA) is 122 Å². The first-order chi connectivity index (χ1) is 32.5. The fourth-order valence-electron chi connectivity index (χ4n) is 10.4. The van der Waals surface area contributed by atoms with Gasteiger partial charge in [-0.2, -0.15) is 0 Å². The van der Waals surface area contributed by atoms with Crippen molar-refractivity contribution in [2.45, 2.75) is 167 Å². The average molecular weight is 932 g/mol. The molecule has 2 heterocycles. The molecule has 0 spiro atoms. The number of oxime groups is 1. The highest BCUT2D eigenvalue weighted by Crippen LogP contribution is 2.62. The van der Waals surface area contributed by atoms with Crippen LogP contribution in [-0.2, 0) is 20.9 Å². The molecule has 2 aromatic rings. The van der Waals surface area contributed by atoms with E-state index in [4.69, 9.17) is 28.9 Å². The van der Waals surface area contributed by atoms with Gasteiger partial charge in [-0.1, -0.05) is 107 Å². The van der Waals surface area contributed by atoms with Gasteiger partial charge < -0.3 is 34.0 Å². The highest BCUT2D eigenvalue weighted by Gasteiger charge is 2.65. The van der Waals surface area contributed by atoms with Gasteiger partial charge in [-0.25, -0.2) is 9.18 Å². The Bertz CT molecular complexity index is 1900. The number of carbonyl (C=O) groups is 1. The van der Waals surface area contributed by atoms with Gasteiger partial charge in [-0.3, -0.25) is 9.80 Å². The summed E-state index contributed by atoms with van der Waals surface area (Å²) < 4.78 is 41.7. The van der Waals surface area contributed by atoms with E-state index in [1.54, 1.807) is 23.1 Å². The Morgan fingerprint density at radius 1 is 0.925 bits per heavy atom. The maximum atomic E-state index is 15.0. The SMILES string of the molecule is C=CCOC12Oc3ccc(OCCN4CC4)cc3C3C(CCCCO)C(CCCCO)C=C(C(=NOC(C)(C)C)CC1N(Cc1ccc(F)cc1)C(=O)OCCCCCCCCCCCC)C32. The number of fused-ring (bicyclic) bond motifs is 2. The van der Waals surface area contributed by atoms with Crippen molar-refractivity contribution in [2.24, 2.45) is 22.9 Å². The lowest BCUT2D eigenvalue weighted by Crippen LogP contribution is -2.70. The second-order valence-corrected chi connectivity index (χ2v) is 20.2. The second-order valence-electron chi connectivity index (χ2n) is 20.2. The van der Waals surface area contributed by atoms with Gasteiger partial charge in [0.05, 0.1) is 24.8 Å². The molecule has 6 atom stereocenters. The minimum atomic E-state index is -1.46. The third-order valence-electron chi connectivity index (χ3n) is 13.9. The number of aliphatic hydroxyl groups excluding tert-OH is 2. The number of unbranched alkanes of at least 4 members (excludes halogenated alkanes) is 11. The number of aliphatic hydroxyl groups is 2. The molecule has 6 rings (SSSR count). The number of hydrogen-bond acceptors (Lipinski definition) is 10. The van der Waals surface area contributed by atoms with E-state index in [-0.39, 0.29) is 63.0 Å². The van der Waals surface area contributed by atoms with Crippen molar-refractivity contribution in [1.82, 2.24) is 9.80 Å². The molecule has 12 heteroatoms. The zero-order valence-corrected chi connectivity index (χ0v) is 41.2. The van der Waals surface area contributed by atoms with E-state index in [0.717, 1.165) is 87.0 Å². The van der Waals surface area contributed by atoms with Crippen LogP contribution in [0.25, 0.3) is 0 Å². The highest BCUT2D eigenvalue weighted by atomic mass is 19.1. The monoisotopic (exact) mass is 932 g/mol. The average Bonchev–Trinajstić information content (AvgIpc) is 4.15. The second kappa shape index (κ2) is 26.1. The highest BCUT2D eigenvalue weighted by molar-refractivity contribution is 6.03. The van der Waals surface area contributed by atoms with E-state index >= 15 is 0 Å². The Morgan fingerprint density at radius 2 is 1.61 bits per heavy atom. The number of allylic oxidation sites excluding steroid dienone is 1. The van der Waals surface area contributed by atoms with Crippen molar-refractivity contribution in [3.63, 3.8) is 0 Å². The fraction of sp³-hybridized carbons (Fsp3) is 0.673. The molecule has 2 aliphatic carbocycles. The number of halogens is 1. The number of hydrogen-bond donors (Lipinski definition) is 2. The third kappa shape index (κ3) is 14.8. The summed E-state index contributed by atoms with van der Waals surface area (Å²) in [5.74, 6) is -0.918. The van der Waals surface area contributed by atoms with Crippen LogP contribution in [0.2, 0.25) is 0 Å². The summed E-state index contributed by atoms with van der Waals surface area (Å²) in [6, 6.07) is 11.5. The number of nitrogens with zero attached hydrogens (tertiary/aromatic N) is 3. The molecule has 1 amide bonds. The molecule has 67 heavy (non-hydrogen) atoms. The van der Waals surface area contributed by atoms with Crippen LogP contribution in [0.1, 0.15) is 154 Å². The molecule has 1 saturated heterocycles. The minimum Gasteiger partial charge on any atom is -0.492 e. The van der Waals surface area contributed by atoms with E-state index in [9.17, 15) is 19.4 Å². The van der Waals surface area contributed by atoms with Gasteiger partial charge in [0.2, 0.25) is 5.79 Å². The molecule has 372 valence electrons. The van der Waals surface area contributed by atoms with Crippen LogP contribution in [0.15, 0.2) is 71.9 Å². The van der Waals surface area contributed by atoms with Crippen LogP contribution in [-0.4, -0.2) is 102 Å². The first-order valence-electron chi connectivity index (χ1n) is 25.8. The third-order valence-corrected chi connectivity index (χ3v) is 13.9. The number of carbonyl (C=O) groups excluding carboxylic acids is 1. The van der Waals surface area contributed by atoms with Gasteiger partial charge >= 0.3 is 6.09 Å². The van der Waals surface area contributed by atoms with Crippen LogP contribution in [0.4, 0.5) is 9.18 Å². The van der Waals surface area contributed by atoms with Crippen molar-refractivity contribution in [3.8, 4) is 11.5 Å². The Labute approximate surface area is 401 Å². The lowest BCUT2D eigenvalue weighted by molar-refractivity contribution is -0.256. The summed E-state index contributed by atoms with van der Waals surface area (Å²) in [5.41, 5.74) is 2.79. The largest absolute Gasteiger partial charge is 0.492 e. The summed E-state index contributed by atoms with van der Waals surface area (Å²) >= 11 is 0. The van der Waals surface area contributed by atoms with Crippen molar-refractivity contribution >= 4 is 11.8 Å². The van der Waals surface area contributed by atoms with Gasteiger partial charge in [-0.05, 0) is 106 Å². The number of rotatable bonds is 30. The van der Waals surface area contributed by atoms with Gasteiger partial charge in [0.1, 0.15) is 35.6 Å². The molecule has 0 bridgehead atoms. The van der Waals surface area contributed by atoms with Crippen LogP contribution in [0, 0.1) is 23.6 Å². The predicted molar refractivity (Wildman–Crippen MR) is 263 cm³/mol. The first kappa shape index (κ1) is 52.4. The Morgan fingerprint density at radius 3 is 2.27 bits per heavy atom. The molecule has 2 aromatic carbocycles. The van der Waals surface area contributed by atoms with Gasteiger partial charge in [0, 0.05) is 57.3 Å². The van der Waals surface area contributed by atoms with Crippen LogP contribution in [0.3, 0.4) is 0 Å². The van der Waals surface area contributed by atoms with Crippen molar-refractivity contribution in [3.05, 3.63) is 83.7 Å². The van der Waals surface area contributed by atoms with Crippen molar-refractivity contribution in [2.75, 3.05) is 52.7 Å². The fourth-order valence-corrected chi connectivity index (χ4v) is 10.4. The molecule has 2 fully saturated rings. The molecule has 0 aromatic heterocycles. The molecule has 4 aliphatic rings. The van der Waals surface area contributed by atoms with E-state index in [2.05, 4.69) is 30.5 Å². The molecule has 2 N–H and O–H groups in total. The zero-order chi connectivity index (χ0) is 47.7. The maximum Gasteiger partial charge on any atom is 0.410 e. The molecular weight excluding hydrogens is 850 g/mol. The number of amides is 1. The molecule has 1 saturated carbocycles. The molecule has 6 unspecified atom stereocenters. The molecular formula is C55H82FN3O8. The lowest BCUT2D eigenvalue weighted by atomic mass is 9.55. The number of ether oxygens (including phenoxy) is 4. The van der Waals surface area contributed by atoms with Crippen LogP contribution in [0.5, 0.6) is 11.5 Å². The summed E-state index contributed by atoms with van der Waals surface area (Å²) in [4.78, 5) is 25.3. The predicted octanol–water partition coefficient (Wildman–Crippen LogP) is 11.5. The first-order valence-corrected chi connectivity index (χ1v) is 25.8. The quantitative estimate of drug-likeness (QED) is 0.0341. The Balaban J connectivity index is 1.44. The Kier molecular flexibility index (Phi) is 20.4. The van der Waals surface area contributed by atoms with Gasteiger partial charge in [0.15, 0.2) is 0 Å². The van der Waals surface area contributed by atoms with Crippen molar-refractivity contribution < 1.29 is 43.2 Å². The van der Waals surface area contributed by atoms with Crippen molar-refractivity contribution in [1.29, 1.82) is 0 Å². The summed E-state index contributed by atoms with van der Waals surface area (Å²) in [6.45, 7) is 16.5. The van der Waals surface area contributed by atoms with E-state index in [1.807, 2.05) is 32.9 Å². The van der Waals surface area contributed by atoms with E-state index in [0.29, 0.717) is 30.9 Å². The maximum absolute atomic E-state index is 15.0. The van der Waals surface area contributed by atoms with E-state index < -0.39 is 29.4 Å². The zero-order valence-electron chi connectivity index (χ0n) is 41.2.